The number of halogens is 3. The van der Waals surface area contributed by atoms with Crippen LogP contribution in [0.4, 0.5) is 18.0 Å². The van der Waals surface area contributed by atoms with Gasteiger partial charge in [-0.25, -0.2) is 19.1 Å². The van der Waals surface area contributed by atoms with Crippen molar-refractivity contribution >= 4 is 11.7 Å². The summed E-state index contributed by atoms with van der Waals surface area (Å²) in [6.07, 6.45) is -5.32. The van der Waals surface area contributed by atoms with Crippen molar-refractivity contribution in [1.29, 1.82) is 0 Å². The van der Waals surface area contributed by atoms with Gasteiger partial charge in [0.1, 0.15) is 11.5 Å². The molecule has 0 aliphatic heterocycles. The molecule has 136 valence electrons. The Morgan fingerprint density at radius 2 is 1.92 bits per heavy atom. The lowest BCUT2D eigenvalue weighted by Crippen LogP contribution is -2.34. The molecule has 1 amide bonds. The van der Waals surface area contributed by atoms with E-state index in [9.17, 15) is 22.8 Å². The zero-order valence-electron chi connectivity index (χ0n) is 13.4. The molecule has 26 heavy (non-hydrogen) atoms. The van der Waals surface area contributed by atoms with Gasteiger partial charge in [0.05, 0.1) is 17.3 Å². The van der Waals surface area contributed by atoms with Crippen LogP contribution in [0.15, 0.2) is 47.4 Å². The number of nitrogens with zero attached hydrogens (tertiary/aromatic N) is 3. The van der Waals surface area contributed by atoms with Crippen LogP contribution >= 0.6 is 0 Å². The van der Waals surface area contributed by atoms with Gasteiger partial charge in [-0.3, -0.25) is 4.40 Å². The molecule has 0 radical (unpaired) electrons. The molecule has 3 aromatic rings. The number of hydrogen-bond donors (Lipinski definition) is 2. The third kappa shape index (κ3) is 3.13. The Bertz CT molecular complexity index is 1020. The third-order valence-corrected chi connectivity index (χ3v) is 3.72. The molecule has 2 heterocycles. The van der Waals surface area contributed by atoms with E-state index >= 15 is 0 Å². The first kappa shape index (κ1) is 17.5. The SMILES string of the molecule is CC(NC(=O)O)c1nc2cc(C(F)(F)F)cn2c(=O)n1-c1ccccc1. The van der Waals surface area contributed by atoms with Crippen molar-refractivity contribution in [1.82, 2.24) is 19.3 Å². The zero-order valence-corrected chi connectivity index (χ0v) is 13.4. The van der Waals surface area contributed by atoms with E-state index in [1.54, 1.807) is 30.3 Å². The van der Waals surface area contributed by atoms with Gasteiger partial charge in [0.25, 0.3) is 0 Å². The van der Waals surface area contributed by atoms with E-state index in [1.165, 1.54) is 6.92 Å². The summed E-state index contributed by atoms with van der Waals surface area (Å²) in [5, 5.41) is 11.1. The summed E-state index contributed by atoms with van der Waals surface area (Å²) in [4.78, 5) is 27.9. The number of amides is 1. The standard InChI is InChI=1S/C16H13F3N4O3/c1-9(20-14(24)25)13-21-12-7-10(16(17,18)19)8-22(12)15(26)23(13)11-5-3-2-4-6-11/h2-9,20H,1H3,(H,24,25). The van der Waals surface area contributed by atoms with E-state index in [-0.39, 0.29) is 11.5 Å². The zero-order chi connectivity index (χ0) is 19.1. The lowest BCUT2D eigenvalue weighted by atomic mass is 10.2. The van der Waals surface area contributed by atoms with Crippen LogP contribution in [0.1, 0.15) is 24.4 Å². The summed E-state index contributed by atoms with van der Waals surface area (Å²) in [6.45, 7) is 1.44. The molecule has 0 saturated heterocycles. The number of carboxylic acid groups (broad SMARTS) is 1. The predicted octanol–water partition coefficient (Wildman–Crippen LogP) is 2.83. The van der Waals surface area contributed by atoms with Gasteiger partial charge in [0, 0.05) is 6.20 Å². The van der Waals surface area contributed by atoms with E-state index in [1.807, 2.05) is 0 Å². The van der Waals surface area contributed by atoms with Crippen LogP contribution in [0.3, 0.4) is 0 Å². The fraction of sp³-hybridized carbons (Fsp3) is 0.188. The molecule has 1 unspecified atom stereocenters. The second kappa shape index (κ2) is 6.21. The van der Waals surface area contributed by atoms with E-state index < -0.39 is 29.6 Å². The van der Waals surface area contributed by atoms with E-state index in [4.69, 9.17) is 5.11 Å². The molecule has 0 aliphatic rings. The van der Waals surface area contributed by atoms with Gasteiger partial charge in [-0.1, -0.05) is 18.2 Å². The summed E-state index contributed by atoms with van der Waals surface area (Å²) in [5.74, 6) is -0.0251. The van der Waals surface area contributed by atoms with Gasteiger partial charge in [-0.05, 0) is 25.1 Å². The molecule has 2 aromatic heterocycles. The highest BCUT2D eigenvalue weighted by Gasteiger charge is 2.33. The summed E-state index contributed by atoms with van der Waals surface area (Å²) < 4.78 is 40.8. The predicted molar refractivity (Wildman–Crippen MR) is 85.4 cm³/mol. The highest BCUT2D eigenvalue weighted by Crippen LogP contribution is 2.30. The van der Waals surface area contributed by atoms with E-state index in [2.05, 4.69) is 10.3 Å². The monoisotopic (exact) mass is 366 g/mol. The molecule has 10 heteroatoms. The van der Waals surface area contributed by atoms with Crippen molar-refractivity contribution in [3.8, 4) is 5.69 Å². The molecule has 7 nitrogen and oxygen atoms in total. The highest BCUT2D eigenvalue weighted by atomic mass is 19.4. The van der Waals surface area contributed by atoms with Gasteiger partial charge in [0.2, 0.25) is 0 Å². The van der Waals surface area contributed by atoms with Crippen LogP contribution in [0.5, 0.6) is 0 Å². The second-order valence-corrected chi connectivity index (χ2v) is 5.55. The Kier molecular flexibility index (Phi) is 4.18. The van der Waals surface area contributed by atoms with Gasteiger partial charge in [-0.2, -0.15) is 13.2 Å². The maximum absolute atomic E-state index is 13.0. The maximum Gasteiger partial charge on any atom is 0.417 e. The molecular formula is C16H13F3N4O3. The molecule has 0 saturated carbocycles. The quantitative estimate of drug-likeness (QED) is 0.746. The Labute approximate surface area is 144 Å². The number of alkyl halides is 3. The lowest BCUT2D eigenvalue weighted by Gasteiger charge is -2.17. The summed E-state index contributed by atoms with van der Waals surface area (Å²) in [7, 11) is 0. The molecular weight excluding hydrogens is 353 g/mol. The summed E-state index contributed by atoms with van der Waals surface area (Å²) in [5.41, 5.74) is -1.67. The lowest BCUT2D eigenvalue weighted by molar-refractivity contribution is -0.137. The van der Waals surface area contributed by atoms with Crippen molar-refractivity contribution in [2.24, 2.45) is 0 Å². The van der Waals surface area contributed by atoms with Crippen molar-refractivity contribution < 1.29 is 23.1 Å². The molecule has 0 aliphatic carbocycles. The molecule has 1 aromatic carbocycles. The number of nitrogens with one attached hydrogen (secondary N) is 1. The average molecular weight is 366 g/mol. The Morgan fingerprint density at radius 3 is 2.50 bits per heavy atom. The summed E-state index contributed by atoms with van der Waals surface area (Å²) in [6, 6.07) is 7.93. The van der Waals surface area contributed by atoms with Crippen LogP contribution in [-0.2, 0) is 6.18 Å². The van der Waals surface area contributed by atoms with Crippen molar-refractivity contribution in [2.45, 2.75) is 19.1 Å². The number of benzene rings is 1. The summed E-state index contributed by atoms with van der Waals surface area (Å²) >= 11 is 0. The largest absolute Gasteiger partial charge is 0.465 e. The molecule has 0 spiro atoms. The van der Waals surface area contributed by atoms with Crippen molar-refractivity contribution in [2.75, 3.05) is 0 Å². The van der Waals surface area contributed by atoms with Gasteiger partial charge in [-0.15, -0.1) is 0 Å². The fourth-order valence-electron chi connectivity index (χ4n) is 2.58. The van der Waals surface area contributed by atoms with Gasteiger partial charge >= 0.3 is 18.0 Å². The minimum Gasteiger partial charge on any atom is -0.465 e. The van der Waals surface area contributed by atoms with Crippen LogP contribution < -0.4 is 11.0 Å². The second-order valence-electron chi connectivity index (χ2n) is 5.55. The number of fused-ring (bicyclic) bond motifs is 1. The maximum atomic E-state index is 13.0. The Hall–Kier alpha value is -3.30. The van der Waals surface area contributed by atoms with Gasteiger partial charge in [0.15, 0.2) is 0 Å². The number of carbonyl (C=O) groups is 1. The minimum absolute atomic E-state index is 0.0251. The fourth-order valence-corrected chi connectivity index (χ4v) is 2.58. The first-order valence-corrected chi connectivity index (χ1v) is 7.45. The van der Waals surface area contributed by atoms with Crippen LogP contribution in [-0.4, -0.2) is 25.2 Å². The van der Waals surface area contributed by atoms with Crippen LogP contribution in [0.25, 0.3) is 11.3 Å². The smallest absolute Gasteiger partial charge is 0.417 e. The molecule has 1 atom stereocenters. The number of rotatable bonds is 3. The molecule has 2 N–H and O–H groups in total. The number of para-hydroxylation sites is 1. The van der Waals surface area contributed by atoms with E-state index in [0.29, 0.717) is 11.9 Å². The Morgan fingerprint density at radius 1 is 1.27 bits per heavy atom. The molecule has 0 bridgehead atoms. The van der Waals surface area contributed by atoms with Crippen LogP contribution in [0, 0.1) is 0 Å². The first-order valence-electron chi connectivity index (χ1n) is 7.45. The Balaban J connectivity index is 2.32. The number of aromatic nitrogens is 3. The number of hydrogen-bond acceptors (Lipinski definition) is 3. The molecule has 3 rings (SSSR count). The van der Waals surface area contributed by atoms with Crippen molar-refractivity contribution in [3.63, 3.8) is 0 Å². The first-order chi connectivity index (χ1) is 12.2. The molecule has 0 fully saturated rings. The van der Waals surface area contributed by atoms with E-state index in [0.717, 1.165) is 15.0 Å². The normalized spacial score (nSPS) is 12.9. The topological polar surface area (TPSA) is 88.6 Å². The van der Waals surface area contributed by atoms with Gasteiger partial charge < -0.3 is 10.4 Å². The van der Waals surface area contributed by atoms with Crippen molar-refractivity contribution in [3.05, 3.63) is 64.5 Å². The highest BCUT2D eigenvalue weighted by molar-refractivity contribution is 5.65. The van der Waals surface area contributed by atoms with Crippen LogP contribution in [0.2, 0.25) is 0 Å². The third-order valence-electron chi connectivity index (χ3n) is 3.72. The minimum atomic E-state index is -4.64. The average Bonchev–Trinajstić information content (AvgIpc) is 2.99.